The van der Waals surface area contributed by atoms with Crippen molar-refractivity contribution in [2.24, 2.45) is 5.73 Å². The molecule has 0 saturated carbocycles. The van der Waals surface area contributed by atoms with Gasteiger partial charge in [-0.3, -0.25) is 4.79 Å². The van der Waals surface area contributed by atoms with E-state index in [2.05, 4.69) is 36.4 Å². The summed E-state index contributed by atoms with van der Waals surface area (Å²) < 4.78 is 0. The molecule has 1 heterocycles. The Morgan fingerprint density at radius 3 is 2.29 bits per heavy atom. The summed E-state index contributed by atoms with van der Waals surface area (Å²) in [5, 5.41) is 0. The van der Waals surface area contributed by atoms with Crippen LogP contribution in [0.3, 0.4) is 0 Å². The van der Waals surface area contributed by atoms with E-state index in [1.54, 1.807) is 0 Å². The molecule has 0 radical (unpaired) electrons. The fraction of sp³-hybridized carbons (Fsp3) is 0.350. The highest BCUT2D eigenvalue weighted by Gasteiger charge is 2.26. The van der Waals surface area contributed by atoms with Crippen molar-refractivity contribution in [2.75, 3.05) is 13.1 Å². The van der Waals surface area contributed by atoms with Crippen LogP contribution in [0.25, 0.3) is 0 Å². The number of nitrogens with zero attached hydrogens (tertiary/aromatic N) is 1. The van der Waals surface area contributed by atoms with E-state index in [-0.39, 0.29) is 30.3 Å². The lowest BCUT2D eigenvalue weighted by molar-refractivity contribution is -0.130. The molecule has 24 heavy (non-hydrogen) atoms. The molecule has 1 saturated heterocycles. The van der Waals surface area contributed by atoms with Gasteiger partial charge in [0.15, 0.2) is 0 Å². The molecule has 0 spiro atoms. The van der Waals surface area contributed by atoms with Gasteiger partial charge in [0.2, 0.25) is 5.91 Å². The third-order valence-electron chi connectivity index (χ3n) is 4.59. The number of rotatable bonds is 5. The summed E-state index contributed by atoms with van der Waals surface area (Å²) in [4.78, 5) is 14.6. The summed E-state index contributed by atoms with van der Waals surface area (Å²) in [6, 6.07) is 20.9. The molecule has 3 nitrogen and oxygen atoms in total. The predicted molar refractivity (Wildman–Crippen MR) is 100 cm³/mol. The van der Waals surface area contributed by atoms with E-state index in [1.165, 1.54) is 11.1 Å². The first-order chi connectivity index (χ1) is 11.2. The number of carbonyl (C=O) groups excluding carboxylic acids is 1. The summed E-state index contributed by atoms with van der Waals surface area (Å²) in [6.45, 7) is 1.50. The van der Waals surface area contributed by atoms with Crippen molar-refractivity contribution in [1.82, 2.24) is 4.90 Å². The van der Waals surface area contributed by atoms with Crippen molar-refractivity contribution in [3.05, 3.63) is 71.8 Å². The molecule has 2 aromatic rings. The fourth-order valence-corrected chi connectivity index (χ4v) is 3.29. The molecule has 2 N–H and O–H groups in total. The van der Waals surface area contributed by atoms with Crippen LogP contribution < -0.4 is 5.73 Å². The summed E-state index contributed by atoms with van der Waals surface area (Å²) >= 11 is 0. The van der Waals surface area contributed by atoms with Crippen LogP contribution in [0.4, 0.5) is 0 Å². The molecular weight excluding hydrogens is 320 g/mol. The average Bonchev–Trinajstić information content (AvgIpc) is 3.03. The molecule has 2 atom stereocenters. The van der Waals surface area contributed by atoms with Crippen molar-refractivity contribution in [3.8, 4) is 0 Å². The van der Waals surface area contributed by atoms with Gasteiger partial charge in [0, 0.05) is 25.6 Å². The van der Waals surface area contributed by atoms with E-state index >= 15 is 0 Å². The monoisotopic (exact) mass is 344 g/mol. The van der Waals surface area contributed by atoms with Gasteiger partial charge in [-0.1, -0.05) is 60.7 Å². The number of hydrogen-bond acceptors (Lipinski definition) is 2. The summed E-state index contributed by atoms with van der Waals surface area (Å²) in [6.07, 6.45) is 2.35. The molecule has 4 heteroatoms. The molecule has 128 valence electrons. The number of halogens is 1. The normalized spacial score (nSPS) is 18.0. The minimum Gasteiger partial charge on any atom is -0.341 e. The first-order valence-corrected chi connectivity index (χ1v) is 8.34. The van der Waals surface area contributed by atoms with E-state index in [4.69, 9.17) is 5.73 Å². The highest BCUT2D eigenvalue weighted by atomic mass is 35.5. The highest BCUT2D eigenvalue weighted by Crippen LogP contribution is 2.26. The molecule has 1 amide bonds. The first kappa shape index (κ1) is 18.5. The van der Waals surface area contributed by atoms with Gasteiger partial charge in [-0.15, -0.1) is 12.4 Å². The first-order valence-electron chi connectivity index (χ1n) is 8.34. The van der Waals surface area contributed by atoms with Gasteiger partial charge in [-0.05, 0) is 29.9 Å². The minimum absolute atomic E-state index is 0. The Kier molecular flexibility index (Phi) is 6.83. The lowest BCUT2D eigenvalue weighted by atomic mass is 9.89. The molecule has 1 aliphatic rings. The quantitative estimate of drug-likeness (QED) is 0.903. The molecule has 2 aromatic carbocycles. The molecule has 0 aliphatic carbocycles. The van der Waals surface area contributed by atoms with Gasteiger partial charge in [0.05, 0.1) is 0 Å². The van der Waals surface area contributed by atoms with Crippen molar-refractivity contribution < 1.29 is 4.79 Å². The van der Waals surface area contributed by atoms with Crippen molar-refractivity contribution in [2.45, 2.75) is 31.2 Å². The lowest BCUT2D eigenvalue weighted by Crippen LogP contribution is -2.32. The van der Waals surface area contributed by atoms with Crippen LogP contribution in [0.2, 0.25) is 0 Å². The zero-order chi connectivity index (χ0) is 16.1. The topological polar surface area (TPSA) is 46.3 Å². The Bertz CT molecular complexity index is 633. The summed E-state index contributed by atoms with van der Waals surface area (Å²) in [5.41, 5.74) is 8.43. The minimum atomic E-state index is 0. The van der Waals surface area contributed by atoms with Gasteiger partial charge >= 0.3 is 0 Å². The van der Waals surface area contributed by atoms with E-state index in [0.717, 1.165) is 19.4 Å². The van der Waals surface area contributed by atoms with Gasteiger partial charge in [0.1, 0.15) is 0 Å². The number of likely N-dealkylation sites (tertiary alicyclic amines) is 1. The second-order valence-corrected chi connectivity index (χ2v) is 6.39. The third-order valence-corrected chi connectivity index (χ3v) is 4.59. The zero-order valence-corrected chi connectivity index (χ0v) is 14.6. The molecule has 3 rings (SSSR count). The number of amides is 1. The van der Waals surface area contributed by atoms with Crippen LogP contribution in [0.15, 0.2) is 60.7 Å². The van der Waals surface area contributed by atoms with Crippen LogP contribution in [0.1, 0.15) is 29.9 Å². The van der Waals surface area contributed by atoms with E-state index in [0.29, 0.717) is 13.0 Å². The van der Waals surface area contributed by atoms with Crippen LogP contribution in [0.5, 0.6) is 0 Å². The molecule has 0 bridgehead atoms. The van der Waals surface area contributed by atoms with Gasteiger partial charge in [-0.25, -0.2) is 0 Å². The second kappa shape index (κ2) is 8.86. The van der Waals surface area contributed by atoms with Gasteiger partial charge in [-0.2, -0.15) is 0 Å². The number of nitrogens with two attached hydrogens (primary N) is 1. The number of carbonyl (C=O) groups is 1. The lowest BCUT2D eigenvalue weighted by Gasteiger charge is -2.22. The maximum absolute atomic E-state index is 12.6. The Morgan fingerprint density at radius 1 is 1.08 bits per heavy atom. The predicted octanol–water partition coefficient (Wildman–Crippen LogP) is 3.38. The average molecular weight is 345 g/mol. The number of hydrogen-bond donors (Lipinski definition) is 1. The van der Waals surface area contributed by atoms with Crippen LogP contribution in [-0.4, -0.2) is 29.9 Å². The Hall–Kier alpha value is -1.84. The van der Waals surface area contributed by atoms with Gasteiger partial charge < -0.3 is 10.6 Å². The second-order valence-electron chi connectivity index (χ2n) is 6.39. The Balaban J connectivity index is 0.00000208. The van der Waals surface area contributed by atoms with Crippen LogP contribution in [-0.2, 0) is 11.2 Å². The molecule has 1 fully saturated rings. The highest BCUT2D eigenvalue weighted by molar-refractivity contribution is 5.85. The zero-order valence-electron chi connectivity index (χ0n) is 13.8. The summed E-state index contributed by atoms with van der Waals surface area (Å²) in [7, 11) is 0. The van der Waals surface area contributed by atoms with E-state index in [9.17, 15) is 4.79 Å². The van der Waals surface area contributed by atoms with Crippen molar-refractivity contribution in [3.63, 3.8) is 0 Å². The van der Waals surface area contributed by atoms with Crippen molar-refractivity contribution >= 4 is 18.3 Å². The van der Waals surface area contributed by atoms with E-state index < -0.39 is 0 Å². The number of benzene rings is 2. The Morgan fingerprint density at radius 2 is 1.71 bits per heavy atom. The van der Waals surface area contributed by atoms with Crippen LogP contribution >= 0.6 is 12.4 Å². The maximum atomic E-state index is 12.6. The summed E-state index contributed by atoms with van der Waals surface area (Å²) in [5.74, 6) is 0.436. The molecular formula is C20H25ClN2O. The maximum Gasteiger partial charge on any atom is 0.223 e. The third kappa shape index (κ3) is 4.83. The fourth-order valence-electron chi connectivity index (χ4n) is 3.29. The largest absolute Gasteiger partial charge is 0.341 e. The van der Waals surface area contributed by atoms with Gasteiger partial charge in [0.25, 0.3) is 0 Å². The van der Waals surface area contributed by atoms with Crippen molar-refractivity contribution in [1.29, 1.82) is 0 Å². The SMILES string of the molecule is Cl.N[C@@H]1CCN(C(=O)CC(Cc2ccccc2)c2ccccc2)C1. The molecule has 1 unspecified atom stereocenters. The molecule has 0 aromatic heterocycles. The smallest absolute Gasteiger partial charge is 0.223 e. The van der Waals surface area contributed by atoms with Crippen LogP contribution in [0, 0.1) is 0 Å². The Labute approximate surface area is 150 Å². The standard InChI is InChI=1S/C20H24N2O.ClH/c21-19-11-12-22(15-19)20(23)14-18(17-9-5-2-6-10-17)13-16-7-3-1-4-8-16;/h1-10,18-19H,11-15,21H2;1H/t18?,19-;/m1./s1. The molecule has 1 aliphatic heterocycles. The van der Waals surface area contributed by atoms with E-state index in [1.807, 2.05) is 29.2 Å².